The van der Waals surface area contributed by atoms with E-state index in [-0.39, 0.29) is 23.4 Å². The number of nitrogens with zero attached hydrogens (tertiary/aromatic N) is 3. The topological polar surface area (TPSA) is 84.3 Å². The maximum absolute atomic E-state index is 13.2. The molecule has 1 fully saturated rings. The number of hydrogen-bond acceptors (Lipinski definition) is 4. The van der Waals surface area contributed by atoms with Crippen LogP contribution in [0.1, 0.15) is 31.4 Å². The van der Waals surface area contributed by atoms with Crippen molar-refractivity contribution in [3.63, 3.8) is 0 Å². The lowest BCUT2D eigenvalue weighted by atomic mass is 9.98. The van der Waals surface area contributed by atoms with Gasteiger partial charge in [0.2, 0.25) is 15.9 Å². The highest BCUT2D eigenvalue weighted by Gasteiger charge is 2.33. The molecule has 3 aromatic rings. The minimum atomic E-state index is -3.77. The smallest absolute Gasteiger partial charge is 0.243 e. The fraction of sp³-hybridized carbons (Fsp3) is 0.304. The molecule has 9 heteroatoms. The Morgan fingerprint density at radius 1 is 1.16 bits per heavy atom. The maximum Gasteiger partial charge on any atom is 0.243 e. The molecule has 1 aliphatic heterocycles. The summed E-state index contributed by atoms with van der Waals surface area (Å²) < 4.78 is 42.2. The molecule has 0 spiro atoms. The lowest BCUT2D eigenvalue weighted by Gasteiger charge is -2.32. The average Bonchev–Trinajstić information content (AvgIpc) is 3.34. The predicted octanol–water partition coefficient (Wildman–Crippen LogP) is 3.29. The van der Waals surface area contributed by atoms with E-state index in [2.05, 4.69) is 10.3 Å². The van der Waals surface area contributed by atoms with Gasteiger partial charge in [0.25, 0.3) is 0 Å². The van der Waals surface area contributed by atoms with Gasteiger partial charge in [-0.25, -0.2) is 17.8 Å². The number of carbonyl (C=O) groups is 1. The monoisotopic (exact) mass is 456 g/mol. The molecule has 1 aliphatic rings. The van der Waals surface area contributed by atoms with Crippen molar-refractivity contribution in [3.8, 4) is 5.69 Å². The van der Waals surface area contributed by atoms with Crippen LogP contribution in [0.15, 0.2) is 72.1 Å². The lowest BCUT2D eigenvalue weighted by Crippen LogP contribution is -2.45. The fourth-order valence-corrected chi connectivity index (χ4v) is 5.42. The number of piperidine rings is 1. The highest BCUT2D eigenvalue weighted by molar-refractivity contribution is 7.89. The van der Waals surface area contributed by atoms with Gasteiger partial charge < -0.3 is 9.88 Å². The number of sulfonamides is 1. The molecule has 1 amide bonds. The number of imidazole rings is 1. The van der Waals surface area contributed by atoms with E-state index in [1.165, 1.54) is 16.4 Å². The summed E-state index contributed by atoms with van der Waals surface area (Å²) in [5.74, 6) is -1.10. The van der Waals surface area contributed by atoms with Crippen LogP contribution < -0.4 is 5.32 Å². The molecule has 0 unspecified atom stereocenters. The van der Waals surface area contributed by atoms with E-state index >= 15 is 0 Å². The molecule has 1 aromatic heterocycles. The molecule has 4 rings (SSSR count). The SMILES string of the molecule is C[C@H](NC(=O)[C@@H]1CCCN(S(=O)(=O)c2ccc(F)cc2)C1)c1ccc(-n2ccnc2)cc1. The number of carbonyl (C=O) groups excluding carboxylic acids is 1. The van der Waals surface area contributed by atoms with Crippen LogP contribution in [0.3, 0.4) is 0 Å². The first-order valence-electron chi connectivity index (χ1n) is 10.5. The van der Waals surface area contributed by atoms with Crippen LogP contribution >= 0.6 is 0 Å². The zero-order valence-corrected chi connectivity index (χ0v) is 18.5. The first kappa shape index (κ1) is 22.2. The van der Waals surface area contributed by atoms with Crippen LogP contribution in [0.4, 0.5) is 4.39 Å². The van der Waals surface area contributed by atoms with Crippen molar-refractivity contribution >= 4 is 15.9 Å². The fourth-order valence-electron chi connectivity index (χ4n) is 3.89. The second-order valence-electron chi connectivity index (χ2n) is 7.95. The molecule has 168 valence electrons. The number of hydrogen-bond donors (Lipinski definition) is 1. The standard InChI is InChI=1S/C23H25FN4O3S/c1-17(18-4-8-21(9-5-18)27-14-12-25-16-27)26-23(29)19-3-2-13-28(15-19)32(30,31)22-10-6-20(24)7-11-22/h4-12,14,16-17,19H,2-3,13,15H2,1H3,(H,26,29)/t17-,19+/m0/s1. The van der Waals surface area contributed by atoms with Gasteiger partial charge in [0.15, 0.2) is 0 Å². The van der Waals surface area contributed by atoms with Gasteiger partial charge in [-0.1, -0.05) is 12.1 Å². The highest BCUT2D eigenvalue weighted by Crippen LogP contribution is 2.25. The third kappa shape index (κ3) is 4.73. The van der Waals surface area contributed by atoms with Crippen molar-refractivity contribution in [1.82, 2.24) is 19.2 Å². The van der Waals surface area contributed by atoms with E-state index in [0.717, 1.165) is 23.4 Å². The number of benzene rings is 2. The van der Waals surface area contributed by atoms with Crippen molar-refractivity contribution in [2.24, 2.45) is 5.92 Å². The second-order valence-corrected chi connectivity index (χ2v) is 9.89. The Hall–Kier alpha value is -3.04. The number of aromatic nitrogens is 2. The molecule has 2 aromatic carbocycles. The Kier molecular flexibility index (Phi) is 6.38. The van der Waals surface area contributed by atoms with Crippen LogP contribution in [0.25, 0.3) is 5.69 Å². The quantitative estimate of drug-likeness (QED) is 0.617. The van der Waals surface area contributed by atoms with Crippen molar-refractivity contribution in [2.45, 2.75) is 30.7 Å². The van der Waals surface area contributed by atoms with Crippen molar-refractivity contribution < 1.29 is 17.6 Å². The molecule has 2 heterocycles. The van der Waals surface area contributed by atoms with Gasteiger partial charge >= 0.3 is 0 Å². The minimum absolute atomic E-state index is 0.0336. The van der Waals surface area contributed by atoms with Gasteiger partial charge in [0.1, 0.15) is 5.82 Å². The summed E-state index contributed by atoms with van der Waals surface area (Å²) in [7, 11) is -3.77. The third-order valence-electron chi connectivity index (χ3n) is 5.76. The van der Waals surface area contributed by atoms with Crippen molar-refractivity contribution in [3.05, 3.63) is 78.6 Å². The van der Waals surface area contributed by atoms with E-state index < -0.39 is 21.8 Å². The molecule has 1 saturated heterocycles. The van der Waals surface area contributed by atoms with Crippen LogP contribution in [-0.2, 0) is 14.8 Å². The zero-order chi connectivity index (χ0) is 22.7. The van der Waals surface area contributed by atoms with Gasteiger partial charge in [0, 0.05) is 31.2 Å². The van der Waals surface area contributed by atoms with Gasteiger partial charge in [-0.3, -0.25) is 4.79 Å². The number of rotatable bonds is 6. The van der Waals surface area contributed by atoms with Gasteiger partial charge in [-0.2, -0.15) is 4.31 Å². The van der Waals surface area contributed by atoms with E-state index in [4.69, 9.17) is 0 Å². The van der Waals surface area contributed by atoms with Crippen LogP contribution in [0.5, 0.6) is 0 Å². The molecule has 0 bridgehead atoms. The van der Waals surface area contributed by atoms with Crippen LogP contribution in [0.2, 0.25) is 0 Å². The highest BCUT2D eigenvalue weighted by atomic mass is 32.2. The van der Waals surface area contributed by atoms with E-state index in [1.807, 2.05) is 42.0 Å². The summed E-state index contributed by atoms with van der Waals surface area (Å²) in [5.41, 5.74) is 1.92. The number of amides is 1. The minimum Gasteiger partial charge on any atom is -0.349 e. The van der Waals surface area contributed by atoms with Gasteiger partial charge in [0.05, 0.1) is 23.2 Å². The summed E-state index contributed by atoms with van der Waals surface area (Å²) in [4.78, 5) is 17.0. The first-order chi connectivity index (χ1) is 15.3. The van der Waals surface area contributed by atoms with E-state index in [0.29, 0.717) is 19.4 Å². The maximum atomic E-state index is 13.2. The lowest BCUT2D eigenvalue weighted by molar-refractivity contribution is -0.126. The summed E-state index contributed by atoms with van der Waals surface area (Å²) in [6.45, 7) is 2.35. The van der Waals surface area contributed by atoms with Crippen molar-refractivity contribution in [1.29, 1.82) is 0 Å². The molecule has 2 atom stereocenters. The Morgan fingerprint density at radius 3 is 2.53 bits per heavy atom. The van der Waals surface area contributed by atoms with Gasteiger partial charge in [-0.15, -0.1) is 0 Å². The summed E-state index contributed by atoms with van der Waals surface area (Å²) in [6.07, 6.45) is 6.49. The normalized spacial score (nSPS) is 18.2. The summed E-state index contributed by atoms with van der Waals surface area (Å²) in [6, 6.07) is 12.4. The second kappa shape index (κ2) is 9.22. The molecule has 0 saturated carbocycles. The Balaban J connectivity index is 1.40. The molecule has 0 radical (unpaired) electrons. The molecule has 7 nitrogen and oxygen atoms in total. The average molecular weight is 457 g/mol. The summed E-state index contributed by atoms with van der Waals surface area (Å²) >= 11 is 0. The molecule has 0 aliphatic carbocycles. The molecule has 32 heavy (non-hydrogen) atoms. The van der Waals surface area contributed by atoms with E-state index in [1.54, 1.807) is 12.5 Å². The predicted molar refractivity (Wildman–Crippen MR) is 118 cm³/mol. The number of halogens is 1. The van der Waals surface area contributed by atoms with Crippen molar-refractivity contribution in [2.75, 3.05) is 13.1 Å². The van der Waals surface area contributed by atoms with Crippen LogP contribution in [0, 0.1) is 11.7 Å². The Morgan fingerprint density at radius 2 is 1.88 bits per heavy atom. The van der Waals surface area contributed by atoms with Crippen LogP contribution in [-0.4, -0.2) is 41.3 Å². The molecular weight excluding hydrogens is 431 g/mol. The molecule has 1 N–H and O–H groups in total. The third-order valence-corrected chi connectivity index (χ3v) is 7.64. The Bertz CT molecular complexity index is 1160. The Labute approximate surface area is 186 Å². The zero-order valence-electron chi connectivity index (χ0n) is 17.7. The molecular formula is C23H25FN4O3S. The number of nitrogens with one attached hydrogen (secondary N) is 1. The van der Waals surface area contributed by atoms with E-state index in [9.17, 15) is 17.6 Å². The first-order valence-corrected chi connectivity index (χ1v) is 11.9. The summed E-state index contributed by atoms with van der Waals surface area (Å²) in [5, 5.41) is 3.01. The van der Waals surface area contributed by atoms with Gasteiger partial charge in [-0.05, 0) is 61.7 Å². The largest absolute Gasteiger partial charge is 0.349 e.